The molecule has 0 aliphatic carbocycles. The lowest BCUT2D eigenvalue weighted by Gasteiger charge is -2.35. The molecule has 0 amide bonds. The smallest absolute Gasteiger partial charge is 0.304 e. The van der Waals surface area contributed by atoms with Gasteiger partial charge in [0, 0.05) is 26.2 Å². The van der Waals surface area contributed by atoms with Crippen molar-refractivity contribution >= 4 is 11.9 Å². The van der Waals surface area contributed by atoms with Crippen LogP contribution in [0, 0.1) is 0 Å². The summed E-state index contributed by atoms with van der Waals surface area (Å²) < 4.78 is 101. The number of nitrogens with zero attached hydrogens (tertiary/aromatic N) is 2. The monoisotopic (exact) mass is 332 g/mol. The second-order valence-electron chi connectivity index (χ2n) is 4.35. The van der Waals surface area contributed by atoms with Crippen LogP contribution in [0.15, 0.2) is 0 Å². The Labute approximate surface area is 114 Å². The van der Waals surface area contributed by atoms with Gasteiger partial charge in [0.15, 0.2) is 0 Å². The van der Waals surface area contributed by atoms with Gasteiger partial charge < -0.3 is 4.90 Å². The molecule has 0 aromatic carbocycles. The number of hydrogen-bond donors (Lipinski definition) is 0. The Morgan fingerprint density at radius 1 is 0.900 bits per heavy atom. The molecule has 0 aromatic rings. The molecule has 1 rings (SSSR count). The van der Waals surface area contributed by atoms with Crippen LogP contribution >= 0.6 is 11.9 Å². The van der Waals surface area contributed by atoms with E-state index < -0.39 is 23.5 Å². The van der Waals surface area contributed by atoms with Gasteiger partial charge in [-0.25, -0.2) is 8.70 Å². The van der Waals surface area contributed by atoms with Crippen molar-refractivity contribution in [1.82, 2.24) is 9.21 Å². The van der Waals surface area contributed by atoms with E-state index >= 15 is 0 Å². The largest absolute Gasteiger partial charge is 0.460 e. The topological polar surface area (TPSA) is 6.48 Å². The first-order chi connectivity index (χ1) is 8.89. The summed E-state index contributed by atoms with van der Waals surface area (Å²) >= 11 is -0.318. The molecule has 1 saturated heterocycles. The number of likely N-dealkylation sites (N-methyl/N-ethyl adjacent to an activating group) is 1. The molecule has 1 fully saturated rings. The minimum absolute atomic E-state index is 0.0925. The maximum Gasteiger partial charge on any atom is 0.460 e. The molecule has 1 aliphatic heterocycles. The van der Waals surface area contributed by atoms with Crippen LogP contribution in [0.25, 0.3) is 0 Å². The highest BCUT2D eigenvalue weighted by molar-refractivity contribution is 7.97. The van der Waals surface area contributed by atoms with E-state index in [4.69, 9.17) is 0 Å². The van der Waals surface area contributed by atoms with E-state index in [0.29, 0.717) is 13.1 Å². The van der Waals surface area contributed by atoms with Gasteiger partial charge in [0.25, 0.3) is 0 Å². The van der Waals surface area contributed by atoms with Gasteiger partial charge in [-0.3, -0.25) is 0 Å². The first kappa shape index (κ1) is 17.8. The molecular formula is C9H12F8N2S. The van der Waals surface area contributed by atoms with E-state index in [2.05, 4.69) is 0 Å². The van der Waals surface area contributed by atoms with Crippen molar-refractivity contribution in [3.63, 3.8) is 0 Å². The van der Waals surface area contributed by atoms with Crippen molar-refractivity contribution in [2.24, 2.45) is 0 Å². The van der Waals surface area contributed by atoms with Gasteiger partial charge in [0.2, 0.25) is 5.50 Å². The van der Waals surface area contributed by atoms with E-state index in [1.54, 1.807) is 11.9 Å². The van der Waals surface area contributed by atoms with Crippen molar-refractivity contribution in [2.45, 2.75) is 23.5 Å². The van der Waals surface area contributed by atoms with Crippen LogP contribution in [0.3, 0.4) is 0 Å². The molecule has 0 N–H and O–H groups in total. The predicted octanol–water partition coefficient (Wildman–Crippen LogP) is 3.01. The van der Waals surface area contributed by atoms with Gasteiger partial charge in [-0.1, -0.05) is 0 Å². The molecule has 0 saturated carbocycles. The van der Waals surface area contributed by atoms with Crippen molar-refractivity contribution in [3.8, 4) is 0 Å². The van der Waals surface area contributed by atoms with Crippen LogP contribution < -0.4 is 0 Å². The second kappa shape index (κ2) is 5.84. The fraction of sp³-hybridized carbons (Fsp3) is 1.00. The Kier molecular flexibility index (Phi) is 5.18. The van der Waals surface area contributed by atoms with Gasteiger partial charge in [-0.05, 0) is 19.0 Å². The molecule has 0 radical (unpaired) electrons. The lowest BCUT2D eigenvalue weighted by molar-refractivity contribution is -0.359. The summed E-state index contributed by atoms with van der Waals surface area (Å²) in [5, 5.41) is 0. The molecule has 0 spiro atoms. The Balaban J connectivity index is 2.72. The minimum atomic E-state index is -6.51. The number of alkyl halides is 8. The Morgan fingerprint density at radius 2 is 1.35 bits per heavy atom. The summed E-state index contributed by atoms with van der Waals surface area (Å²) in [6, 6.07) is 0. The van der Waals surface area contributed by atoms with E-state index in [-0.39, 0.29) is 25.0 Å². The van der Waals surface area contributed by atoms with Crippen molar-refractivity contribution < 1.29 is 35.1 Å². The van der Waals surface area contributed by atoms with Gasteiger partial charge in [-0.2, -0.15) is 30.7 Å². The van der Waals surface area contributed by atoms with Crippen molar-refractivity contribution in [3.05, 3.63) is 0 Å². The molecule has 0 bridgehead atoms. The molecule has 2 nitrogen and oxygen atoms in total. The second-order valence-corrected chi connectivity index (χ2v) is 5.49. The van der Waals surface area contributed by atoms with Gasteiger partial charge in [-0.15, -0.1) is 0 Å². The number of rotatable bonds is 4. The Bertz CT molecular complexity index is 326. The minimum Gasteiger partial charge on any atom is -0.304 e. The van der Waals surface area contributed by atoms with Gasteiger partial charge in [0.1, 0.15) is 0 Å². The lowest BCUT2D eigenvalue weighted by atomic mass is 10.2. The lowest BCUT2D eigenvalue weighted by Crippen LogP contribution is -2.56. The fourth-order valence-electron chi connectivity index (χ4n) is 1.42. The number of halogens is 8. The number of piperazine rings is 1. The van der Waals surface area contributed by atoms with Crippen LogP contribution in [0.1, 0.15) is 0 Å². The third kappa shape index (κ3) is 3.48. The average molecular weight is 332 g/mol. The van der Waals surface area contributed by atoms with E-state index in [1.807, 2.05) is 0 Å². The molecule has 120 valence electrons. The van der Waals surface area contributed by atoms with Crippen LogP contribution in [0.2, 0.25) is 0 Å². The van der Waals surface area contributed by atoms with E-state index in [0.717, 1.165) is 4.31 Å². The highest BCUT2D eigenvalue weighted by Gasteiger charge is 2.76. The van der Waals surface area contributed by atoms with Crippen molar-refractivity contribution in [1.29, 1.82) is 0 Å². The molecule has 11 heteroatoms. The molecule has 20 heavy (non-hydrogen) atoms. The SMILES string of the molecule is CN1CCN(SC(F)C(F)(F)C(F)(F)C(F)(F)F)CC1. The highest BCUT2D eigenvalue weighted by atomic mass is 32.2. The zero-order valence-corrected chi connectivity index (χ0v) is 11.0. The maximum absolute atomic E-state index is 13.3. The zero-order valence-electron chi connectivity index (χ0n) is 10.2. The fourth-order valence-corrected chi connectivity index (χ4v) is 2.34. The third-order valence-corrected chi connectivity index (χ3v) is 3.91. The third-order valence-electron chi connectivity index (χ3n) is 2.76. The first-order valence-electron chi connectivity index (χ1n) is 5.46. The molecule has 0 aromatic heterocycles. The van der Waals surface area contributed by atoms with Crippen LogP contribution in [-0.2, 0) is 0 Å². The van der Waals surface area contributed by atoms with Crippen LogP contribution in [0.5, 0.6) is 0 Å². The average Bonchev–Trinajstić information content (AvgIpc) is 2.30. The maximum atomic E-state index is 13.3. The van der Waals surface area contributed by atoms with Gasteiger partial charge in [0.05, 0.1) is 0 Å². The molecule has 1 heterocycles. The quantitative estimate of drug-likeness (QED) is 0.577. The molecule has 1 unspecified atom stereocenters. The summed E-state index contributed by atoms with van der Waals surface area (Å²) in [4.78, 5) is 1.78. The van der Waals surface area contributed by atoms with Gasteiger partial charge >= 0.3 is 18.0 Å². The Hall–Kier alpha value is -0.290. The highest BCUT2D eigenvalue weighted by Crippen LogP contribution is 2.51. The van der Waals surface area contributed by atoms with Crippen LogP contribution in [0.4, 0.5) is 35.1 Å². The summed E-state index contributed by atoms with van der Waals surface area (Å²) in [6.07, 6.45) is -6.51. The van der Waals surface area contributed by atoms with Crippen molar-refractivity contribution in [2.75, 3.05) is 33.2 Å². The summed E-state index contributed by atoms with van der Waals surface area (Å²) in [5.74, 6) is -12.3. The molecular weight excluding hydrogens is 320 g/mol. The standard InChI is InChI=1S/C9H12F8N2S/c1-18-2-4-19(5-3-18)20-6(10)7(11,12)8(13,14)9(15,16)17/h6H,2-5H2,1H3. The Morgan fingerprint density at radius 3 is 1.75 bits per heavy atom. The number of hydrogen-bond acceptors (Lipinski definition) is 3. The first-order valence-corrected chi connectivity index (χ1v) is 6.30. The summed E-state index contributed by atoms with van der Waals surface area (Å²) in [6.45, 7) is 0.937. The van der Waals surface area contributed by atoms with Crippen LogP contribution in [-0.4, -0.2) is 66.0 Å². The molecule has 1 atom stereocenters. The summed E-state index contributed by atoms with van der Waals surface area (Å²) in [5.41, 5.74) is -3.68. The normalized spacial score (nSPS) is 22.1. The summed E-state index contributed by atoms with van der Waals surface area (Å²) in [7, 11) is 1.71. The predicted molar refractivity (Wildman–Crippen MR) is 57.5 cm³/mol. The zero-order chi connectivity index (χ0) is 15.8. The molecule has 1 aliphatic rings. The van der Waals surface area contributed by atoms with E-state index in [1.165, 1.54) is 0 Å². The van der Waals surface area contributed by atoms with E-state index in [9.17, 15) is 35.1 Å².